The third-order valence-electron chi connectivity index (χ3n) is 4.28. The quantitative estimate of drug-likeness (QED) is 0.823. The van der Waals surface area contributed by atoms with Gasteiger partial charge in [-0.1, -0.05) is 23.7 Å². The van der Waals surface area contributed by atoms with E-state index in [9.17, 15) is 8.42 Å². The van der Waals surface area contributed by atoms with Crippen LogP contribution in [-0.2, 0) is 14.8 Å². The zero-order valence-electron chi connectivity index (χ0n) is 11.9. The highest BCUT2D eigenvalue weighted by Crippen LogP contribution is 2.29. The predicted molar refractivity (Wildman–Crippen MR) is 81.0 cm³/mol. The fourth-order valence-electron chi connectivity index (χ4n) is 3.02. The van der Waals surface area contributed by atoms with Crippen LogP contribution in [0.2, 0.25) is 5.02 Å². The molecule has 2 fully saturated rings. The Balaban J connectivity index is 1.86. The molecule has 21 heavy (non-hydrogen) atoms. The van der Waals surface area contributed by atoms with Crippen molar-refractivity contribution >= 4 is 21.6 Å². The highest BCUT2D eigenvalue weighted by Gasteiger charge is 2.40. The Morgan fingerprint density at radius 1 is 1.29 bits per heavy atom. The molecular weight excluding hydrogens is 312 g/mol. The number of morpholine rings is 1. The predicted octanol–water partition coefficient (Wildman–Crippen LogP) is 1.43. The molecule has 0 spiro atoms. The molecule has 0 bridgehead atoms. The fourth-order valence-corrected chi connectivity index (χ4v) is 4.99. The van der Waals surface area contributed by atoms with Gasteiger partial charge in [-0.3, -0.25) is 4.90 Å². The molecule has 1 aromatic carbocycles. The van der Waals surface area contributed by atoms with Crippen LogP contribution in [0.4, 0.5) is 0 Å². The first-order chi connectivity index (χ1) is 10.00. The Hall–Kier alpha value is -0.660. The topological polar surface area (TPSA) is 49.9 Å². The van der Waals surface area contributed by atoms with Gasteiger partial charge in [-0.15, -0.1) is 0 Å². The summed E-state index contributed by atoms with van der Waals surface area (Å²) in [5, 5.41) is 0.271. The van der Waals surface area contributed by atoms with E-state index in [2.05, 4.69) is 4.90 Å². The summed E-state index contributed by atoms with van der Waals surface area (Å²) in [4.78, 5) is 2.37. The van der Waals surface area contributed by atoms with Crippen LogP contribution in [0.1, 0.15) is 6.42 Å². The van der Waals surface area contributed by atoms with Crippen molar-refractivity contribution in [1.82, 2.24) is 9.21 Å². The summed E-state index contributed by atoms with van der Waals surface area (Å²) >= 11 is 6.05. The van der Waals surface area contributed by atoms with E-state index < -0.39 is 10.0 Å². The first-order valence-corrected chi connectivity index (χ1v) is 8.88. The zero-order chi connectivity index (χ0) is 15.0. The molecule has 0 aromatic heterocycles. The third kappa shape index (κ3) is 2.83. The van der Waals surface area contributed by atoms with Crippen LogP contribution < -0.4 is 0 Å². The maximum absolute atomic E-state index is 12.8. The van der Waals surface area contributed by atoms with E-state index >= 15 is 0 Å². The number of nitrogens with zero attached hydrogens (tertiary/aromatic N) is 2. The number of likely N-dealkylation sites (N-methyl/N-ethyl adjacent to an activating group) is 1. The number of piperidine rings is 1. The van der Waals surface area contributed by atoms with Gasteiger partial charge in [-0.2, -0.15) is 4.31 Å². The molecule has 2 atom stereocenters. The van der Waals surface area contributed by atoms with Crippen molar-refractivity contribution in [3.05, 3.63) is 29.3 Å². The fraction of sp³-hybridized carbons (Fsp3) is 0.571. The highest BCUT2D eigenvalue weighted by molar-refractivity contribution is 7.89. The molecule has 116 valence electrons. The summed E-state index contributed by atoms with van der Waals surface area (Å²) in [5.74, 6) is 0. The van der Waals surface area contributed by atoms with Gasteiger partial charge in [-0.25, -0.2) is 8.42 Å². The van der Waals surface area contributed by atoms with Gasteiger partial charge < -0.3 is 4.74 Å². The first kappa shape index (κ1) is 15.2. The van der Waals surface area contributed by atoms with Gasteiger partial charge in [0, 0.05) is 25.7 Å². The molecule has 2 aliphatic heterocycles. The van der Waals surface area contributed by atoms with Crippen LogP contribution in [0.15, 0.2) is 29.2 Å². The van der Waals surface area contributed by atoms with Crippen LogP contribution in [0.25, 0.3) is 0 Å². The maximum atomic E-state index is 12.8. The summed E-state index contributed by atoms with van der Waals surface area (Å²) in [6.07, 6.45) is 0.847. The van der Waals surface area contributed by atoms with Gasteiger partial charge in [0.05, 0.1) is 17.7 Å². The summed E-state index contributed by atoms with van der Waals surface area (Å²) in [6.45, 7) is 2.48. The molecular formula is C14H19ClN2O3S. The molecule has 0 N–H and O–H groups in total. The van der Waals surface area contributed by atoms with E-state index in [1.54, 1.807) is 24.3 Å². The van der Waals surface area contributed by atoms with Crippen LogP contribution in [0.5, 0.6) is 0 Å². The minimum atomic E-state index is -3.55. The Labute approximate surface area is 130 Å². The molecule has 3 rings (SSSR count). The van der Waals surface area contributed by atoms with Crippen LogP contribution in [-0.4, -0.2) is 63.1 Å². The molecule has 0 radical (unpaired) electrons. The van der Waals surface area contributed by atoms with Gasteiger partial charge in [0.2, 0.25) is 10.0 Å². The minimum Gasteiger partial charge on any atom is -0.375 e. The largest absolute Gasteiger partial charge is 0.375 e. The molecule has 2 saturated heterocycles. The zero-order valence-corrected chi connectivity index (χ0v) is 13.5. The smallest absolute Gasteiger partial charge is 0.244 e. The standard InChI is InChI=1S/C14H19ClN2O3S/c1-16-8-9-20-13-6-7-17(10-12(13)16)21(18,19)14-5-3-2-4-11(14)15/h2-5,12-13H,6-10H2,1H3/t12-,13+/m0/s1. The number of sulfonamides is 1. The van der Waals surface area contributed by atoms with Crippen molar-refractivity contribution < 1.29 is 13.2 Å². The second kappa shape index (κ2) is 5.85. The normalized spacial score (nSPS) is 28.3. The Morgan fingerprint density at radius 2 is 2.05 bits per heavy atom. The lowest BCUT2D eigenvalue weighted by Gasteiger charge is -2.45. The number of rotatable bonds is 2. The summed E-state index contributed by atoms with van der Waals surface area (Å²) in [6, 6.07) is 6.71. The molecule has 7 heteroatoms. The molecule has 5 nitrogen and oxygen atoms in total. The third-order valence-corrected chi connectivity index (χ3v) is 6.64. The van der Waals surface area contributed by atoms with Crippen molar-refractivity contribution in [3.63, 3.8) is 0 Å². The summed E-state index contributed by atoms with van der Waals surface area (Å²) in [5.41, 5.74) is 0. The molecule has 2 aliphatic rings. The van der Waals surface area contributed by atoms with E-state index in [0.29, 0.717) is 13.1 Å². The van der Waals surface area contributed by atoms with Crippen LogP contribution >= 0.6 is 11.6 Å². The number of ether oxygens (including phenoxy) is 1. The number of hydrogen-bond donors (Lipinski definition) is 0. The first-order valence-electron chi connectivity index (χ1n) is 7.06. The minimum absolute atomic E-state index is 0.116. The van der Waals surface area contributed by atoms with Crippen molar-refractivity contribution in [3.8, 4) is 0 Å². The van der Waals surface area contributed by atoms with Gasteiger partial charge in [-0.05, 0) is 25.6 Å². The van der Waals surface area contributed by atoms with Crippen molar-refractivity contribution in [1.29, 1.82) is 0 Å². The molecule has 0 amide bonds. The van der Waals surface area contributed by atoms with E-state index in [1.807, 2.05) is 7.05 Å². The average Bonchev–Trinajstić information content (AvgIpc) is 2.47. The SMILES string of the molecule is CN1CCO[C@@H]2CCN(S(=O)(=O)c3ccccc3Cl)C[C@@H]21. The van der Waals surface area contributed by atoms with Crippen molar-refractivity contribution in [2.45, 2.75) is 23.5 Å². The lowest BCUT2D eigenvalue weighted by atomic mass is 10.0. The molecule has 2 heterocycles. The van der Waals surface area contributed by atoms with E-state index in [1.165, 1.54) is 4.31 Å². The Bertz CT molecular complexity index is 622. The Morgan fingerprint density at radius 3 is 2.81 bits per heavy atom. The number of benzene rings is 1. The van der Waals surface area contributed by atoms with Crippen molar-refractivity contribution in [2.75, 3.05) is 33.3 Å². The molecule has 1 aromatic rings. The summed E-state index contributed by atoms with van der Waals surface area (Å²) in [7, 11) is -1.53. The van der Waals surface area contributed by atoms with E-state index in [0.717, 1.165) is 19.6 Å². The molecule has 0 saturated carbocycles. The number of halogens is 1. The van der Waals surface area contributed by atoms with E-state index in [4.69, 9.17) is 16.3 Å². The van der Waals surface area contributed by atoms with Gasteiger partial charge in [0.1, 0.15) is 4.90 Å². The number of fused-ring (bicyclic) bond motifs is 1. The van der Waals surface area contributed by atoms with Gasteiger partial charge in [0.15, 0.2) is 0 Å². The maximum Gasteiger partial charge on any atom is 0.244 e. The monoisotopic (exact) mass is 330 g/mol. The lowest BCUT2D eigenvalue weighted by molar-refractivity contribution is -0.0840. The second-order valence-corrected chi connectivity index (χ2v) is 7.85. The number of hydrogen-bond acceptors (Lipinski definition) is 4. The van der Waals surface area contributed by atoms with E-state index in [-0.39, 0.29) is 22.1 Å². The lowest BCUT2D eigenvalue weighted by Crippen LogP contribution is -2.59. The van der Waals surface area contributed by atoms with Crippen LogP contribution in [0, 0.1) is 0 Å². The van der Waals surface area contributed by atoms with Crippen LogP contribution in [0.3, 0.4) is 0 Å². The Kier molecular flexibility index (Phi) is 4.25. The highest BCUT2D eigenvalue weighted by atomic mass is 35.5. The molecule has 0 aliphatic carbocycles. The summed E-state index contributed by atoms with van der Waals surface area (Å²) < 4.78 is 32.8. The average molecular weight is 331 g/mol. The molecule has 0 unspecified atom stereocenters. The van der Waals surface area contributed by atoms with Gasteiger partial charge in [0.25, 0.3) is 0 Å². The van der Waals surface area contributed by atoms with Gasteiger partial charge >= 0.3 is 0 Å². The second-order valence-electron chi connectivity index (χ2n) is 5.54. The van der Waals surface area contributed by atoms with Crippen molar-refractivity contribution in [2.24, 2.45) is 0 Å².